The first-order valence-electron chi connectivity index (χ1n) is 5.32. The fourth-order valence-electron chi connectivity index (χ4n) is 0.810. The Kier molecular flexibility index (Phi) is 9.55. The van der Waals surface area contributed by atoms with Gasteiger partial charge in [-0.15, -0.1) is 0 Å². The van der Waals surface area contributed by atoms with Crippen LogP contribution in [0.1, 0.15) is 47.5 Å². The van der Waals surface area contributed by atoms with Crippen LogP contribution in [0.2, 0.25) is 0 Å². The van der Waals surface area contributed by atoms with Gasteiger partial charge in [0.2, 0.25) is 5.78 Å². The van der Waals surface area contributed by atoms with Crippen LogP contribution in [-0.4, -0.2) is 23.1 Å². The largest absolute Gasteiger partial charge is 0.291 e. The highest BCUT2D eigenvalue weighted by Crippen LogP contribution is 1.93. The quantitative estimate of drug-likeness (QED) is 0.672. The third kappa shape index (κ3) is 9.24. The third-order valence-corrected chi connectivity index (χ3v) is 1.74. The van der Waals surface area contributed by atoms with Crippen molar-refractivity contribution in [1.82, 2.24) is 0 Å². The van der Waals surface area contributed by atoms with Crippen molar-refractivity contribution in [2.75, 3.05) is 0 Å². The van der Waals surface area contributed by atoms with Crippen molar-refractivity contribution in [1.29, 1.82) is 0 Å². The first-order chi connectivity index (χ1) is 7.23. The topological polar surface area (TPSA) is 68.3 Å². The van der Waals surface area contributed by atoms with Gasteiger partial charge in [-0.25, -0.2) is 0 Å². The maximum atomic E-state index is 10.5. The van der Waals surface area contributed by atoms with Crippen LogP contribution in [0.15, 0.2) is 0 Å². The van der Waals surface area contributed by atoms with Gasteiger partial charge in [0, 0.05) is 26.2 Å². The van der Waals surface area contributed by atoms with Gasteiger partial charge in [0.25, 0.3) is 0 Å². The highest BCUT2D eigenvalue weighted by Gasteiger charge is 2.10. The summed E-state index contributed by atoms with van der Waals surface area (Å²) in [7, 11) is 0. The Labute approximate surface area is 96.4 Å². The van der Waals surface area contributed by atoms with Crippen molar-refractivity contribution in [3.8, 4) is 0 Å². The zero-order valence-corrected chi connectivity index (χ0v) is 10.6. The SMILES string of the molecule is CC(=O)C(=O)C(C)C.CCCC(=O)C(C)=O. The Bertz CT molecular complexity index is 277. The second kappa shape index (κ2) is 8.95. The summed E-state index contributed by atoms with van der Waals surface area (Å²) in [6.45, 7) is 7.90. The van der Waals surface area contributed by atoms with Crippen molar-refractivity contribution in [3.05, 3.63) is 0 Å². The van der Waals surface area contributed by atoms with Crippen LogP contribution in [0, 0.1) is 5.92 Å². The summed E-state index contributed by atoms with van der Waals surface area (Å²) in [5.41, 5.74) is 0. The average Bonchev–Trinajstić information content (AvgIpc) is 2.17. The van der Waals surface area contributed by atoms with Crippen LogP contribution in [0.3, 0.4) is 0 Å². The van der Waals surface area contributed by atoms with Gasteiger partial charge in [0.1, 0.15) is 0 Å². The van der Waals surface area contributed by atoms with Crippen LogP contribution >= 0.6 is 0 Å². The van der Waals surface area contributed by atoms with Crippen molar-refractivity contribution >= 4 is 23.1 Å². The minimum atomic E-state index is -0.347. The zero-order chi connectivity index (χ0) is 13.3. The maximum Gasteiger partial charge on any atom is 0.200 e. The van der Waals surface area contributed by atoms with Crippen molar-refractivity contribution in [2.45, 2.75) is 47.5 Å². The molecular formula is C12H20O4. The number of hydrogen-bond acceptors (Lipinski definition) is 4. The molecule has 0 aliphatic heterocycles. The predicted octanol–water partition coefficient (Wildman–Crippen LogP) is 1.75. The van der Waals surface area contributed by atoms with Gasteiger partial charge in [-0.2, -0.15) is 0 Å². The van der Waals surface area contributed by atoms with E-state index < -0.39 is 0 Å². The number of ketones is 4. The number of carbonyl (C=O) groups is 4. The second-order valence-electron chi connectivity index (χ2n) is 3.80. The smallest absolute Gasteiger partial charge is 0.200 e. The second-order valence-corrected chi connectivity index (χ2v) is 3.80. The van der Waals surface area contributed by atoms with E-state index in [0.717, 1.165) is 6.42 Å². The summed E-state index contributed by atoms with van der Waals surface area (Å²) >= 11 is 0. The Morgan fingerprint density at radius 2 is 1.38 bits per heavy atom. The summed E-state index contributed by atoms with van der Waals surface area (Å²) in [4.78, 5) is 41.3. The fraction of sp³-hybridized carbons (Fsp3) is 0.667. The molecule has 0 bridgehead atoms. The van der Waals surface area contributed by atoms with Gasteiger partial charge in [0.15, 0.2) is 17.3 Å². The molecule has 0 unspecified atom stereocenters. The van der Waals surface area contributed by atoms with Crippen LogP contribution < -0.4 is 0 Å². The first-order valence-corrected chi connectivity index (χ1v) is 5.32. The molecule has 0 atom stereocenters. The molecule has 0 heterocycles. The van der Waals surface area contributed by atoms with E-state index in [4.69, 9.17) is 0 Å². The molecule has 0 N–H and O–H groups in total. The number of hydrogen-bond donors (Lipinski definition) is 0. The molecule has 0 saturated heterocycles. The molecule has 4 nitrogen and oxygen atoms in total. The van der Waals surface area contributed by atoms with Gasteiger partial charge in [0.05, 0.1) is 0 Å². The lowest BCUT2D eigenvalue weighted by Crippen LogP contribution is -2.15. The lowest BCUT2D eigenvalue weighted by molar-refractivity contribution is -0.137. The molecule has 0 aliphatic carbocycles. The molecular weight excluding hydrogens is 208 g/mol. The van der Waals surface area contributed by atoms with Crippen LogP contribution in [0.4, 0.5) is 0 Å². The van der Waals surface area contributed by atoms with E-state index in [9.17, 15) is 19.2 Å². The minimum Gasteiger partial charge on any atom is -0.291 e. The summed E-state index contributed by atoms with van der Waals surface area (Å²) in [5.74, 6) is -1.36. The van der Waals surface area contributed by atoms with E-state index in [1.54, 1.807) is 13.8 Å². The highest BCUT2D eigenvalue weighted by molar-refractivity contribution is 6.36. The van der Waals surface area contributed by atoms with Crippen molar-refractivity contribution in [2.24, 2.45) is 5.92 Å². The molecule has 92 valence electrons. The third-order valence-electron chi connectivity index (χ3n) is 1.74. The molecule has 0 fully saturated rings. The number of rotatable bonds is 5. The highest BCUT2D eigenvalue weighted by atomic mass is 16.2. The molecule has 0 aromatic rings. The molecule has 0 rings (SSSR count). The summed E-state index contributed by atoms with van der Waals surface area (Å²) in [6, 6.07) is 0. The van der Waals surface area contributed by atoms with Gasteiger partial charge < -0.3 is 0 Å². The van der Waals surface area contributed by atoms with E-state index in [1.807, 2.05) is 6.92 Å². The molecule has 0 saturated carbocycles. The van der Waals surface area contributed by atoms with Crippen LogP contribution in [0.25, 0.3) is 0 Å². The van der Waals surface area contributed by atoms with E-state index in [0.29, 0.717) is 6.42 Å². The normalized spacial score (nSPS) is 9.12. The summed E-state index contributed by atoms with van der Waals surface area (Å²) < 4.78 is 0. The lowest BCUT2D eigenvalue weighted by atomic mass is 10.1. The number of Topliss-reactive ketones (excluding diaryl/α,β-unsaturated/α-hetero) is 4. The predicted molar refractivity (Wildman–Crippen MR) is 61.1 cm³/mol. The van der Waals surface area contributed by atoms with Gasteiger partial charge >= 0.3 is 0 Å². The molecule has 0 amide bonds. The standard InChI is InChI=1S/2C6H10O2/c1-4(2)6(8)5(3)7;1-3-4-6(8)5(2)7/h4H,1-3H3;3-4H2,1-2H3. The molecule has 16 heavy (non-hydrogen) atoms. The molecule has 0 aliphatic rings. The molecule has 0 radical (unpaired) electrons. The number of carbonyl (C=O) groups excluding carboxylic acids is 4. The van der Waals surface area contributed by atoms with Crippen LogP contribution in [-0.2, 0) is 19.2 Å². The maximum absolute atomic E-state index is 10.5. The average molecular weight is 228 g/mol. The van der Waals surface area contributed by atoms with Gasteiger partial charge in [-0.3, -0.25) is 19.2 Å². The fourth-order valence-corrected chi connectivity index (χ4v) is 0.810. The first kappa shape index (κ1) is 17.1. The Hall–Kier alpha value is -1.32. The zero-order valence-electron chi connectivity index (χ0n) is 10.6. The lowest BCUT2D eigenvalue weighted by Gasteiger charge is -1.95. The van der Waals surface area contributed by atoms with Crippen molar-refractivity contribution < 1.29 is 19.2 Å². The minimum absolute atomic E-state index is 0.146. The summed E-state index contributed by atoms with van der Waals surface area (Å²) in [5, 5.41) is 0. The molecule has 0 aromatic carbocycles. The molecule has 0 spiro atoms. The van der Waals surface area contributed by atoms with Crippen LogP contribution in [0.5, 0.6) is 0 Å². The molecule has 0 aromatic heterocycles. The Morgan fingerprint density at radius 3 is 1.44 bits per heavy atom. The molecule has 4 heteroatoms. The van der Waals surface area contributed by atoms with E-state index >= 15 is 0 Å². The van der Waals surface area contributed by atoms with Gasteiger partial charge in [-0.05, 0) is 6.42 Å². The Balaban J connectivity index is 0. The van der Waals surface area contributed by atoms with E-state index in [1.165, 1.54) is 13.8 Å². The van der Waals surface area contributed by atoms with E-state index in [-0.39, 0.29) is 29.1 Å². The summed E-state index contributed by atoms with van der Waals surface area (Å²) in [6.07, 6.45) is 1.16. The monoisotopic (exact) mass is 228 g/mol. The Morgan fingerprint density at radius 1 is 0.938 bits per heavy atom. The van der Waals surface area contributed by atoms with E-state index in [2.05, 4.69) is 0 Å². The van der Waals surface area contributed by atoms with Gasteiger partial charge in [-0.1, -0.05) is 20.8 Å². The van der Waals surface area contributed by atoms with Crippen molar-refractivity contribution in [3.63, 3.8) is 0 Å².